The quantitative estimate of drug-likeness (QED) is 0.717. The Kier molecular flexibility index (Phi) is 7.01. The van der Waals surface area contributed by atoms with E-state index in [1.807, 2.05) is 32.0 Å². The Morgan fingerprint density at radius 3 is 2.67 bits per heavy atom. The zero-order valence-electron chi connectivity index (χ0n) is 13.4. The van der Waals surface area contributed by atoms with Crippen molar-refractivity contribution in [2.45, 2.75) is 53.1 Å². The first-order chi connectivity index (χ1) is 9.84. The van der Waals surface area contributed by atoms with Crippen LogP contribution >= 0.6 is 11.6 Å². The Bertz CT molecular complexity index is 492. The number of nitrogens with zero attached hydrogens (tertiary/aromatic N) is 1. The molecule has 0 unspecified atom stereocenters. The van der Waals surface area contributed by atoms with Gasteiger partial charge in [-0.2, -0.15) is 5.26 Å². The van der Waals surface area contributed by atoms with Crippen LogP contribution in [-0.4, -0.2) is 12.6 Å². The van der Waals surface area contributed by atoms with Crippen LogP contribution in [0.3, 0.4) is 0 Å². The van der Waals surface area contributed by atoms with Crippen LogP contribution in [0.1, 0.15) is 46.1 Å². The summed E-state index contributed by atoms with van der Waals surface area (Å²) < 4.78 is 5.70. The van der Waals surface area contributed by atoms with E-state index in [4.69, 9.17) is 21.6 Å². The van der Waals surface area contributed by atoms with Crippen molar-refractivity contribution in [1.82, 2.24) is 5.32 Å². The van der Waals surface area contributed by atoms with Gasteiger partial charge in [-0.1, -0.05) is 31.5 Å². The zero-order chi connectivity index (χ0) is 15.9. The highest BCUT2D eigenvalue weighted by Crippen LogP contribution is 2.26. The van der Waals surface area contributed by atoms with Crippen molar-refractivity contribution in [1.29, 1.82) is 5.26 Å². The molecule has 0 amide bonds. The van der Waals surface area contributed by atoms with Crippen LogP contribution in [0, 0.1) is 16.7 Å². The third-order valence-electron chi connectivity index (χ3n) is 3.22. The zero-order valence-corrected chi connectivity index (χ0v) is 14.1. The Hall–Kier alpha value is -1.24. The summed E-state index contributed by atoms with van der Waals surface area (Å²) in [6.45, 7) is 9.49. The lowest BCUT2D eigenvalue weighted by Crippen LogP contribution is -2.21. The van der Waals surface area contributed by atoms with Crippen molar-refractivity contribution in [3.05, 3.63) is 28.8 Å². The lowest BCUT2D eigenvalue weighted by molar-refractivity contribution is 0.284. The van der Waals surface area contributed by atoms with E-state index in [9.17, 15) is 0 Å². The normalized spacial score (nSPS) is 11.5. The SMILES string of the molecule is CC(C)NCc1ccc(OCCCC(C)(C)C#N)c(Cl)c1. The minimum absolute atomic E-state index is 0.292. The molecule has 0 saturated heterocycles. The molecule has 4 heteroatoms. The number of nitriles is 1. The van der Waals surface area contributed by atoms with Gasteiger partial charge in [0.25, 0.3) is 0 Å². The molecular weight excluding hydrogens is 284 g/mol. The van der Waals surface area contributed by atoms with Gasteiger partial charge >= 0.3 is 0 Å². The second-order valence-corrected chi connectivity index (χ2v) is 6.66. The Labute approximate surface area is 133 Å². The summed E-state index contributed by atoms with van der Waals surface area (Å²) >= 11 is 6.24. The largest absolute Gasteiger partial charge is 0.492 e. The summed E-state index contributed by atoms with van der Waals surface area (Å²) in [7, 11) is 0. The maximum Gasteiger partial charge on any atom is 0.137 e. The van der Waals surface area contributed by atoms with Gasteiger partial charge in [0.15, 0.2) is 0 Å². The molecular formula is C17H25ClN2O. The third-order valence-corrected chi connectivity index (χ3v) is 3.51. The van der Waals surface area contributed by atoms with Crippen molar-refractivity contribution in [3.63, 3.8) is 0 Å². The van der Waals surface area contributed by atoms with Crippen molar-refractivity contribution in [3.8, 4) is 11.8 Å². The molecule has 0 aliphatic heterocycles. The molecule has 3 nitrogen and oxygen atoms in total. The van der Waals surface area contributed by atoms with Crippen LogP contribution in [0.25, 0.3) is 0 Å². The second kappa shape index (κ2) is 8.26. The van der Waals surface area contributed by atoms with Crippen LogP contribution < -0.4 is 10.1 Å². The number of hydrogen-bond donors (Lipinski definition) is 1. The number of nitrogens with one attached hydrogen (secondary N) is 1. The summed E-state index contributed by atoms with van der Waals surface area (Å²) in [5, 5.41) is 12.9. The predicted octanol–water partition coefficient (Wildman–Crippen LogP) is 4.55. The van der Waals surface area contributed by atoms with Gasteiger partial charge in [0, 0.05) is 12.6 Å². The minimum atomic E-state index is -0.292. The summed E-state index contributed by atoms with van der Waals surface area (Å²) in [5.74, 6) is 0.708. The first-order valence-electron chi connectivity index (χ1n) is 7.40. The maximum atomic E-state index is 8.96. The maximum absolute atomic E-state index is 8.96. The second-order valence-electron chi connectivity index (χ2n) is 6.25. The number of ether oxygens (including phenoxy) is 1. The van der Waals surface area contributed by atoms with Gasteiger partial charge < -0.3 is 10.1 Å². The lowest BCUT2D eigenvalue weighted by Gasteiger charge is -2.15. The third kappa shape index (κ3) is 6.84. The van der Waals surface area contributed by atoms with Crippen LogP contribution in [0.5, 0.6) is 5.75 Å². The molecule has 1 aromatic rings. The molecule has 0 fully saturated rings. The molecule has 1 aromatic carbocycles. The van der Waals surface area contributed by atoms with Gasteiger partial charge in [-0.3, -0.25) is 0 Å². The van der Waals surface area contributed by atoms with Gasteiger partial charge in [0.05, 0.1) is 23.1 Å². The molecule has 1 N–H and O–H groups in total. The summed E-state index contributed by atoms with van der Waals surface area (Å²) in [4.78, 5) is 0. The fourth-order valence-electron chi connectivity index (χ4n) is 1.85. The van der Waals surface area contributed by atoms with E-state index in [0.29, 0.717) is 23.4 Å². The fraction of sp³-hybridized carbons (Fsp3) is 0.588. The average Bonchev–Trinajstić information content (AvgIpc) is 2.43. The molecule has 0 heterocycles. The van der Waals surface area contributed by atoms with E-state index < -0.39 is 0 Å². The van der Waals surface area contributed by atoms with Crippen LogP contribution in [0.2, 0.25) is 5.02 Å². The number of halogens is 1. The molecule has 1 rings (SSSR count). The number of rotatable bonds is 8. The highest BCUT2D eigenvalue weighted by Gasteiger charge is 2.15. The van der Waals surface area contributed by atoms with Gasteiger partial charge in [-0.25, -0.2) is 0 Å². The van der Waals surface area contributed by atoms with Crippen LogP contribution in [0.15, 0.2) is 18.2 Å². The Balaban J connectivity index is 2.44. The van der Waals surface area contributed by atoms with E-state index in [2.05, 4.69) is 25.2 Å². The van der Waals surface area contributed by atoms with Crippen LogP contribution in [0.4, 0.5) is 0 Å². The molecule has 116 valence electrons. The predicted molar refractivity (Wildman–Crippen MR) is 87.6 cm³/mol. The molecule has 0 aliphatic rings. The van der Waals surface area contributed by atoms with E-state index in [1.165, 1.54) is 0 Å². The lowest BCUT2D eigenvalue weighted by atomic mass is 9.90. The molecule has 0 aromatic heterocycles. The first kappa shape index (κ1) is 17.8. The highest BCUT2D eigenvalue weighted by molar-refractivity contribution is 6.32. The topological polar surface area (TPSA) is 45.0 Å². The average molecular weight is 309 g/mol. The van der Waals surface area contributed by atoms with E-state index in [1.54, 1.807) is 0 Å². The van der Waals surface area contributed by atoms with Gasteiger partial charge in [-0.05, 0) is 44.4 Å². The fourth-order valence-corrected chi connectivity index (χ4v) is 2.10. The van der Waals surface area contributed by atoms with Crippen molar-refractivity contribution in [2.24, 2.45) is 5.41 Å². The summed E-state index contributed by atoms with van der Waals surface area (Å²) in [6.07, 6.45) is 1.66. The van der Waals surface area contributed by atoms with Gasteiger partial charge in [0.1, 0.15) is 5.75 Å². The monoisotopic (exact) mass is 308 g/mol. The van der Waals surface area contributed by atoms with Gasteiger partial charge in [-0.15, -0.1) is 0 Å². The Morgan fingerprint density at radius 1 is 1.38 bits per heavy atom. The molecule has 0 saturated carbocycles. The summed E-state index contributed by atoms with van der Waals surface area (Å²) in [5.41, 5.74) is 0.853. The van der Waals surface area contributed by atoms with Crippen molar-refractivity contribution >= 4 is 11.6 Å². The van der Waals surface area contributed by atoms with E-state index >= 15 is 0 Å². The Morgan fingerprint density at radius 2 is 2.10 bits per heavy atom. The molecule has 0 aliphatic carbocycles. The number of benzene rings is 1. The molecule has 0 atom stereocenters. The molecule has 0 radical (unpaired) electrons. The first-order valence-corrected chi connectivity index (χ1v) is 7.78. The standard InChI is InChI=1S/C17H25ClN2O/c1-13(2)20-11-14-6-7-16(15(18)10-14)21-9-5-8-17(3,4)12-19/h6-7,10,13,20H,5,8-9,11H2,1-4H3. The van der Waals surface area contributed by atoms with E-state index in [0.717, 1.165) is 24.9 Å². The van der Waals surface area contributed by atoms with E-state index in [-0.39, 0.29) is 5.41 Å². The van der Waals surface area contributed by atoms with Crippen molar-refractivity contribution < 1.29 is 4.74 Å². The molecule has 21 heavy (non-hydrogen) atoms. The molecule has 0 bridgehead atoms. The molecule has 0 spiro atoms. The van der Waals surface area contributed by atoms with Gasteiger partial charge in [0.2, 0.25) is 0 Å². The minimum Gasteiger partial charge on any atom is -0.492 e. The highest BCUT2D eigenvalue weighted by atomic mass is 35.5. The summed E-state index contributed by atoms with van der Waals surface area (Å²) in [6, 6.07) is 8.61. The smallest absolute Gasteiger partial charge is 0.137 e. The number of hydrogen-bond acceptors (Lipinski definition) is 3. The van der Waals surface area contributed by atoms with Crippen LogP contribution in [-0.2, 0) is 6.54 Å². The van der Waals surface area contributed by atoms with Crippen molar-refractivity contribution in [2.75, 3.05) is 6.61 Å².